The van der Waals surface area contributed by atoms with Crippen LogP contribution in [0.1, 0.15) is 30.2 Å². The number of nitrogens with two attached hydrogens (primary N) is 1. The molecule has 0 spiro atoms. The van der Waals surface area contributed by atoms with Crippen molar-refractivity contribution in [2.45, 2.75) is 25.3 Å². The molecule has 1 saturated carbocycles. The first-order valence-electron chi connectivity index (χ1n) is 4.54. The lowest BCUT2D eigenvalue weighted by molar-refractivity contribution is -0.156. The number of nitrogens with zero attached hydrogens (tertiary/aromatic N) is 1. The van der Waals surface area contributed by atoms with Gasteiger partial charge in [0.15, 0.2) is 0 Å². The van der Waals surface area contributed by atoms with E-state index in [1.807, 2.05) is 0 Å². The van der Waals surface area contributed by atoms with E-state index in [0.717, 1.165) is 11.3 Å². The van der Waals surface area contributed by atoms with Gasteiger partial charge in [0.05, 0.1) is 17.0 Å². The summed E-state index contributed by atoms with van der Waals surface area (Å²) in [6.07, 6.45) is 3.99. The molecule has 3 N–H and O–H groups in total. The zero-order valence-electron chi connectivity index (χ0n) is 7.64. The molecule has 1 unspecified atom stereocenters. The third kappa shape index (κ3) is 1.24. The van der Waals surface area contributed by atoms with Crippen LogP contribution >= 0.6 is 11.3 Å². The van der Waals surface area contributed by atoms with Gasteiger partial charge in [-0.2, -0.15) is 0 Å². The molecule has 1 heterocycles. The Kier molecular flexibility index (Phi) is 2.28. The molecule has 1 atom stereocenters. The van der Waals surface area contributed by atoms with Gasteiger partial charge in [-0.15, -0.1) is 11.3 Å². The topological polar surface area (TPSA) is 76.2 Å². The summed E-state index contributed by atoms with van der Waals surface area (Å²) < 4.78 is 0. The van der Waals surface area contributed by atoms with Crippen molar-refractivity contribution in [2.75, 3.05) is 0 Å². The Hall–Kier alpha value is -0.940. The van der Waals surface area contributed by atoms with E-state index in [-0.39, 0.29) is 0 Å². The molecule has 0 radical (unpaired) electrons. The molecule has 1 aliphatic carbocycles. The summed E-state index contributed by atoms with van der Waals surface area (Å²) in [5.41, 5.74) is 6.92. The van der Waals surface area contributed by atoms with Gasteiger partial charge in [0.1, 0.15) is 0 Å². The highest BCUT2D eigenvalue weighted by Crippen LogP contribution is 2.49. The average Bonchev–Trinajstić information content (AvgIpc) is 2.51. The van der Waals surface area contributed by atoms with Gasteiger partial charge in [0.2, 0.25) is 0 Å². The highest BCUT2D eigenvalue weighted by molar-refractivity contribution is 7.09. The summed E-state index contributed by atoms with van der Waals surface area (Å²) in [5.74, 6) is -0.773. The number of rotatable bonds is 3. The van der Waals surface area contributed by atoms with Crippen LogP contribution in [0.2, 0.25) is 0 Å². The maximum absolute atomic E-state index is 11.1. The molecule has 5 heteroatoms. The fraction of sp³-hybridized carbons (Fsp3) is 0.556. The molecule has 0 bridgehead atoms. The number of hydrogen-bond acceptors (Lipinski definition) is 4. The second-order valence-corrected chi connectivity index (χ2v) is 4.61. The molecule has 1 fully saturated rings. The predicted molar refractivity (Wildman–Crippen MR) is 53.0 cm³/mol. The lowest BCUT2D eigenvalue weighted by Crippen LogP contribution is -2.46. The lowest BCUT2D eigenvalue weighted by Gasteiger charge is -2.41. The largest absolute Gasteiger partial charge is 0.481 e. The molecule has 0 saturated heterocycles. The molecule has 1 aromatic heterocycles. The zero-order valence-corrected chi connectivity index (χ0v) is 8.46. The molecule has 76 valence electrons. The Labute approximate surface area is 85.8 Å². The van der Waals surface area contributed by atoms with Crippen LogP contribution in [0, 0.1) is 5.41 Å². The van der Waals surface area contributed by atoms with Gasteiger partial charge in [-0.1, -0.05) is 6.42 Å². The molecular formula is C9H12N2O2S. The minimum absolute atomic E-state index is 0.402. The van der Waals surface area contributed by atoms with Crippen LogP contribution in [0.4, 0.5) is 0 Å². The Bertz CT molecular complexity index is 333. The summed E-state index contributed by atoms with van der Waals surface area (Å²) in [5, 5.41) is 9.16. The first-order chi connectivity index (χ1) is 6.67. The minimum atomic E-state index is -0.773. The highest BCUT2D eigenvalue weighted by atomic mass is 32.1. The third-order valence-corrected chi connectivity index (χ3v) is 3.88. The second kappa shape index (κ2) is 3.33. The van der Waals surface area contributed by atoms with Crippen LogP contribution in [0.3, 0.4) is 0 Å². The summed E-state index contributed by atoms with van der Waals surface area (Å²) in [6, 6.07) is -0.402. The molecule has 14 heavy (non-hydrogen) atoms. The van der Waals surface area contributed by atoms with E-state index in [2.05, 4.69) is 4.98 Å². The van der Waals surface area contributed by atoms with Gasteiger partial charge in [0.25, 0.3) is 0 Å². The maximum Gasteiger partial charge on any atom is 0.311 e. The van der Waals surface area contributed by atoms with E-state index in [4.69, 9.17) is 10.8 Å². The quantitative estimate of drug-likeness (QED) is 0.794. The van der Waals surface area contributed by atoms with Crippen molar-refractivity contribution in [1.82, 2.24) is 4.98 Å². The Morgan fingerprint density at radius 1 is 1.71 bits per heavy atom. The van der Waals surface area contributed by atoms with Crippen molar-refractivity contribution >= 4 is 17.3 Å². The predicted octanol–water partition coefficient (Wildman–Crippen LogP) is 1.40. The fourth-order valence-electron chi connectivity index (χ4n) is 1.87. The minimum Gasteiger partial charge on any atom is -0.481 e. The standard InChI is InChI=1S/C9H12N2O2S/c10-7(6-4-11-5-14-6)9(8(12)13)2-1-3-9/h4-5,7H,1-3,10H2,(H,12,13). The smallest absolute Gasteiger partial charge is 0.311 e. The Morgan fingerprint density at radius 3 is 2.79 bits per heavy atom. The summed E-state index contributed by atoms with van der Waals surface area (Å²) >= 11 is 1.43. The number of carbonyl (C=O) groups is 1. The van der Waals surface area contributed by atoms with Crippen LogP contribution in [0.15, 0.2) is 11.7 Å². The second-order valence-electron chi connectivity index (χ2n) is 3.70. The van der Waals surface area contributed by atoms with Crippen molar-refractivity contribution in [3.05, 3.63) is 16.6 Å². The molecule has 1 aliphatic rings. The van der Waals surface area contributed by atoms with Crippen molar-refractivity contribution in [2.24, 2.45) is 11.1 Å². The van der Waals surface area contributed by atoms with Gasteiger partial charge in [-0.3, -0.25) is 9.78 Å². The van der Waals surface area contributed by atoms with Gasteiger partial charge < -0.3 is 10.8 Å². The van der Waals surface area contributed by atoms with Crippen molar-refractivity contribution in [3.63, 3.8) is 0 Å². The van der Waals surface area contributed by atoms with Crippen molar-refractivity contribution < 1.29 is 9.90 Å². The number of hydrogen-bond donors (Lipinski definition) is 2. The molecule has 2 rings (SSSR count). The number of aromatic nitrogens is 1. The molecule has 0 aliphatic heterocycles. The van der Waals surface area contributed by atoms with E-state index < -0.39 is 17.4 Å². The van der Waals surface area contributed by atoms with Gasteiger partial charge in [-0.25, -0.2) is 0 Å². The van der Waals surface area contributed by atoms with E-state index in [1.165, 1.54) is 11.3 Å². The van der Waals surface area contributed by atoms with Crippen LogP contribution in [-0.4, -0.2) is 16.1 Å². The zero-order chi connectivity index (χ0) is 10.2. The lowest BCUT2D eigenvalue weighted by atomic mass is 9.64. The number of thiazole rings is 1. The van der Waals surface area contributed by atoms with Gasteiger partial charge >= 0.3 is 5.97 Å². The van der Waals surface area contributed by atoms with E-state index in [0.29, 0.717) is 12.8 Å². The summed E-state index contributed by atoms with van der Waals surface area (Å²) in [4.78, 5) is 15.9. The third-order valence-electron chi connectivity index (χ3n) is 3.02. The molecule has 4 nitrogen and oxygen atoms in total. The van der Waals surface area contributed by atoms with Gasteiger partial charge in [-0.05, 0) is 12.8 Å². The summed E-state index contributed by atoms with van der Waals surface area (Å²) in [7, 11) is 0. The normalized spacial score (nSPS) is 21.2. The van der Waals surface area contributed by atoms with Crippen LogP contribution in [0.25, 0.3) is 0 Å². The van der Waals surface area contributed by atoms with E-state index in [1.54, 1.807) is 11.7 Å². The van der Waals surface area contributed by atoms with Gasteiger partial charge in [0, 0.05) is 11.1 Å². The van der Waals surface area contributed by atoms with Crippen LogP contribution < -0.4 is 5.73 Å². The van der Waals surface area contributed by atoms with Crippen LogP contribution in [-0.2, 0) is 4.79 Å². The fourth-order valence-corrected chi connectivity index (χ4v) is 2.60. The number of aliphatic carboxylic acids is 1. The highest BCUT2D eigenvalue weighted by Gasteiger charge is 2.50. The Balaban J connectivity index is 2.25. The number of carboxylic acid groups (broad SMARTS) is 1. The van der Waals surface area contributed by atoms with E-state index in [9.17, 15) is 4.79 Å². The Morgan fingerprint density at radius 2 is 2.43 bits per heavy atom. The average molecular weight is 212 g/mol. The molecule has 1 aromatic rings. The SMILES string of the molecule is NC(c1cncs1)C1(C(=O)O)CCC1. The maximum atomic E-state index is 11.1. The molecular weight excluding hydrogens is 200 g/mol. The number of carboxylic acids is 1. The van der Waals surface area contributed by atoms with E-state index >= 15 is 0 Å². The molecule has 0 amide bonds. The van der Waals surface area contributed by atoms with Crippen LogP contribution in [0.5, 0.6) is 0 Å². The van der Waals surface area contributed by atoms with Crippen molar-refractivity contribution in [3.8, 4) is 0 Å². The first-order valence-corrected chi connectivity index (χ1v) is 5.42. The monoisotopic (exact) mass is 212 g/mol. The molecule has 0 aromatic carbocycles. The first kappa shape index (κ1) is 9.61. The van der Waals surface area contributed by atoms with Crippen molar-refractivity contribution in [1.29, 1.82) is 0 Å². The summed E-state index contributed by atoms with van der Waals surface area (Å²) in [6.45, 7) is 0.